The second kappa shape index (κ2) is 5.90. The third kappa shape index (κ3) is 3.45. The normalized spacial score (nSPS) is 11.4. The SMILES string of the molecule is CCc1cccc(NS(=O)(=O)c2c(C)cc(C)cc2C)c1. The van der Waals surface area contributed by atoms with Gasteiger partial charge in [-0.2, -0.15) is 0 Å². The Labute approximate surface area is 127 Å². The number of nitrogens with one attached hydrogen (secondary N) is 1. The van der Waals surface area contributed by atoms with Crippen molar-refractivity contribution in [2.45, 2.75) is 39.0 Å². The number of hydrogen-bond acceptors (Lipinski definition) is 2. The van der Waals surface area contributed by atoms with Crippen molar-refractivity contribution in [1.29, 1.82) is 0 Å². The molecule has 0 aliphatic rings. The van der Waals surface area contributed by atoms with E-state index in [1.807, 2.05) is 58.0 Å². The summed E-state index contributed by atoms with van der Waals surface area (Å²) in [7, 11) is -3.57. The number of aryl methyl sites for hydroxylation is 4. The Hall–Kier alpha value is -1.81. The van der Waals surface area contributed by atoms with E-state index in [1.54, 1.807) is 6.07 Å². The van der Waals surface area contributed by atoms with Crippen LogP contribution in [-0.2, 0) is 16.4 Å². The predicted molar refractivity (Wildman–Crippen MR) is 87.3 cm³/mol. The molecule has 0 atom stereocenters. The van der Waals surface area contributed by atoms with Crippen molar-refractivity contribution < 1.29 is 8.42 Å². The molecule has 0 aliphatic carbocycles. The number of sulfonamides is 1. The van der Waals surface area contributed by atoms with Gasteiger partial charge in [0.2, 0.25) is 0 Å². The molecule has 0 amide bonds. The Kier molecular flexibility index (Phi) is 4.37. The molecule has 112 valence electrons. The highest BCUT2D eigenvalue weighted by atomic mass is 32.2. The average molecular weight is 303 g/mol. The summed E-state index contributed by atoms with van der Waals surface area (Å²) in [5, 5.41) is 0. The molecule has 3 nitrogen and oxygen atoms in total. The topological polar surface area (TPSA) is 46.2 Å². The molecule has 0 heterocycles. The zero-order valence-electron chi connectivity index (χ0n) is 12.9. The van der Waals surface area contributed by atoms with Crippen molar-refractivity contribution in [2.75, 3.05) is 4.72 Å². The highest BCUT2D eigenvalue weighted by molar-refractivity contribution is 7.92. The molecule has 0 bridgehead atoms. The van der Waals surface area contributed by atoms with Crippen molar-refractivity contribution in [1.82, 2.24) is 0 Å². The number of anilines is 1. The van der Waals surface area contributed by atoms with Gasteiger partial charge in [0.15, 0.2) is 0 Å². The lowest BCUT2D eigenvalue weighted by molar-refractivity contribution is 0.600. The summed E-state index contributed by atoms with van der Waals surface area (Å²) in [5.74, 6) is 0. The van der Waals surface area contributed by atoms with Crippen LogP contribution in [-0.4, -0.2) is 8.42 Å². The van der Waals surface area contributed by atoms with Crippen molar-refractivity contribution in [3.63, 3.8) is 0 Å². The summed E-state index contributed by atoms with van der Waals surface area (Å²) in [6.07, 6.45) is 0.873. The molecule has 0 saturated heterocycles. The Morgan fingerprint density at radius 1 is 1.00 bits per heavy atom. The zero-order chi connectivity index (χ0) is 15.6. The smallest absolute Gasteiger partial charge is 0.262 e. The Balaban J connectivity index is 2.43. The molecule has 0 fully saturated rings. The van der Waals surface area contributed by atoms with Crippen LogP contribution in [0.15, 0.2) is 41.3 Å². The largest absolute Gasteiger partial charge is 0.280 e. The van der Waals surface area contributed by atoms with Gasteiger partial charge in [0, 0.05) is 5.69 Å². The first-order valence-electron chi connectivity index (χ1n) is 7.03. The van der Waals surface area contributed by atoms with Gasteiger partial charge in [0.25, 0.3) is 10.0 Å². The number of hydrogen-bond donors (Lipinski definition) is 1. The molecule has 1 N–H and O–H groups in total. The zero-order valence-corrected chi connectivity index (χ0v) is 13.7. The minimum Gasteiger partial charge on any atom is -0.280 e. The maximum atomic E-state index is 12.6. The van der Waals surface area contributed by atoms with Crippen LogP contribution in [0.2, 0.25) is 0 Å². The monoisotopic (exact) mass is 303 g/mol. The first-order chi connectivity index (χ1) is 9.83. The van der Waals surface area contributed by atoms with Gasteiger partial charge in [-0.1, -0.05) is 36.8 Å². The summed E-state index contributed by atoms with van der Waals surface area (Å²) in [6.45, 7) is 7.67. The van der Waals surface area contributed by atoms with Gasteiger partial charge in [-0.15, -0.1) is 0 Å². The van der Waals surface area contributed by atoms with Gasteiger partial charge >= 0.3 is 0 Å². The quantitative estimate of drug-likeness (QED) is 0.928. The van der Waals surface area contributed by atoms with E-state index in [0.29, 0.717) is 10.6 Å². The third-order valence-corrected chi connectivity index (χ3v) is 5.15. The van der Waals surface area contributed by atoms with E-state index in [2.05, 4.69) is 4.72 Å². The Bertz CT molecular complexity index is 741. The van der Waals surface area contributed by atoms with Crippen LogP contribution in [0.1, 0.15) is 29.2 Å². The molecule has 21 heavy (non-hydrogen) atoms. The summed E-state index contributed by atoms with van der Waals surface area (Å²) in [6, 6.07) is 11.3. The van der Waals surface area contributed by atoms with Crippen LogP contribution < -0.4 is 4.72 Å². The van der Waals surface area contributed by atoms with E-state index in [-0.39, 0.29) is 0 Å². The molecule has 0 aliphatic heterocycles. The summed E-state index contributed by atoms with van der Waals surface area (Å²) < 4.78 is 28.0. The molecule has 2 rings (SSSR count). The maximum Gasteiger partial charge on any atom is 0.262 e. The van der Waals surface area contributed by atoms with Crippen LogP contribution >= 0.6 is 0 Å². The van der Waals surface area contributed by atoms with E-state index in [4.69, 9.17) is 0 Å². The fraction of sp³-hybridized carbons (Fsp3) is 0.294. The third-order valence-electron chi connectivity index (χ3n) is 3.46. The summed E-state index contributed by atoms with van der Waals surface area (Å²) >= 11 is 0. The summed E-state index contributed by atoms with van der Waals surface area (Å²) in [4.78, 5) is 0.370. The molecule has 0 spiro atoms. The van der Waals surface area contributed by atoms with E-state index in [1.165, 1.54) is 0 Å². The molecular weight excluding hydrogens is 282 g/mol. The number of benzene rings is 2. The van der Waals surface area contributed by atoms with Crippen LogP contribution in [0.5, 0.6) is 0 Å². The molecule has 0 unspecified atom stereocenters. The lowest BCUT2D eigenvalue weighted by Crippen LogP contribution is -2.16. The molecule has 0 saturated carbocycles. The fourth-order valence-electron chi connectivity index (χ4n) is 2.65. The molecule has 2 aromatic carbocycles. The Morgan fingerprint density at radius 3 is 2.19 bits per heavy atom. The van der Waals surface area contributed by atoms with Gasteiger partial charge in [-0.25, -0.2) is 8.42 Å². The van der Waals surface area contributed by atoms with Gasteiger partial charge in [0.05, 0.1) is 4.90 Å². The Morgan fingerprint density at radius 2 is 1.62 bits per heavy atom. The van der Waals surface area contributed by atoms with E-state index in [9.17, 15) is 8.42 Å². The van der Waals surface area contributed by atoms with Gasteiger partial charge in [-0.05, 0) is 56.0 Å². The second-order valence-corrected chi connectivity index (χ2v) is 7.01. The standard InChI is InChI=1S/C17H21NO2S/c1-5-15-7-6-8-16(11-15)18-21(19,20)17-13(3)9-12(2)10-14(17)4/h6-11,18H,5H2,1-4H3. The predicted octanol–water partition coefficient (Wildman–Crippen LogP) is 3.98. The van der Waals surface area contributed by atoms with Crippen LogP contribution in [0.25, 0.3) is 0 Å². The van der Waals surface area contributed by atoms with E-state index >= 15 is 0 Å². The molecule has 0 radical (unpaired) electrons. The average Bonchev–Trinajstić information content (AvgIpc) is 2.36. The van der Waals surface area contributed by atoms with E-state index < -0.39 is 10.0 Å². The van der Waals surface area contributed by atoms with Crippen LogP contribution in [0.4, 0.5) is 5.69 Å². The molecule has 0 aromatic heterocycles. The first-order valence-corrected chi connectivity index (χ1v) is 8.51. The lowest BCUT2D eigenvalue weighted by atomic mass is 10.1. The number of rotatable bonds is 4. The highest BCUT2D eigenvalue weighted by Crippen LogP contribution is 2.24. The highest BCUT2D eigenvalue weighted by Gasteiger charge is 2.20. The van der Waals surface area contributed by atoms with Crippen LogP contribution in [0.3, 0.4) is 0 Å². The van der Waals surface area contributed by atoms with Gasteiger partial charge in [-0.3, -0.25) is 4.72 Å². The second-order valence-electron chi connectivity index (χ2n) is 5.39. The summed E-state index contributed by atoms with van der Waals surface area (Å²) in [5.41, 5.74) is 4.32. The van der Waals surface area contributed by atoms with Crippen molar-refractivity contribution in [3.8, 4) is 0 Å². The first kappa shape index (κ1) is 15.6. The van der Waals surface area contributed by atoms with Gasteiger partial charge < -0.3 is 0 Å². The minimum atomic E-state index is -3.57. The minimum absolute atomic E-state index is 0.370. The van der Waals surface area contributed by atoms with Crippen LogP contribution in [0, 0.1) is 20.8 Å². The van der Waals surface area contributed by atoms with Gasteiger partial charge in [0.1, 0.15) is 0 Å². The molecular formula is C17H21NO2S. The molecule has 2 aromatic rings. The van der Waals surface area contributed by atoms with Crippen molar-refractivity contribution in [2.24, 2.45) is 0 Å². The van der Waals surface area contributed by atoms with Crippen molar-refractivity contribution in [3.05, 3.63) is 58.7 Å². The van der Waals surface area contributed by atoms with Crippen molar-refractivity contribution >= 4 is 15.7 Å². The maximum absolute atomic E-state index is 12.6. The molecule has 4 heteroatoms. The lowest BCUT2D eigenvalue weighted by Gasteiger charge is -2.14. The van der Waals surface area contributed by atoms with E-state index in [0.717, 1.165) is 28.7 Å². The fourth-order valence-corrected chi connectivity index (χ4v) is 4.16.